The summed E-state index contributed by atoms with van der Waals surface area (Å²) in [7, 11) is 0. The number of hydrogen-bond donors (Lipinski definition) is 0. The van der Waals surface area contributed by atoms with Crippen molar-refractivity contribution < 1.29 is 22.2 Å². The van der Waals surface area contributed by atoms with E-state index in [9.17, 15) is 4.79 Å². The molecule has 0 saturated heterocycles. The largest absolute Gasteiger partial charge is 0.542 e. The van der Waals surface area contributed by atoms with Crippen molar-refractivity contribution in [2.24, 2.45) is 0 Å². The van der Waals surface area contributed by atoms with Gasteiger partial charge in [-0.25, -0.2) is 0 Å². The summed E-state index contributed by atoms with van der Waals surface area (Å²) in [6.07, 6.45) is 5.83. The first kappa shape index (κ1) is 11.1. The standard InChI is InChI=1S/C6H11O.Cr/c1-2-3-4-5-6-7;/h2-5H2,1H3;/q-1;. The summed E-state index contributed by atoms with van der Waals surface area (Å²) in [5.41, 5.74) is 0. The van der Waals surface area contributed by atoms with Crippen molar-refractivity contribution in [2.45, 2.75) is 32.6 Å². The zero-order chi connectivity index (χ0) is 5.54. The summed E-state index contributed by atoms with van der Waals surface area (Å²) in [6, 6.07) is 0. The Morgan fingerprint density at radius 3 is 2.38 bits per heavy atom. The van der Waals surface area contributed by atoms with Gasteiger partial charge in [-0.05, 0) is 0 Å². The van der Waals surface area contributed by atoms with Gasteiger partial charge in [0.1, 0.15) is 0 Å². The Hall–Kier alpha value is 0.202. The molecule has 0 aromatic carbocycles. The monoisotopic (exact) mass is 151 g/mol. The molecule has 48 valence electrons. The van der Waals surface area contributed by atoms with Crippen molar-refractivity contribution in [2.75, 3.05) is 0 Å². The van der Waals surface area contributed by atoms with Crippen LogP contribution in [-0.2, 0) is 22.2 Å². The van der Waals surface area contributed by atoms with E-state index in [0.717, 1.165) is 12.8 Å². The van der Waals surface area contributed by atoms with Crippen LogP contribution in [-0.4, -0.2) is 6.29 Å². The quantitative estimate of drug-likeness (QED) is 0.441. The van der Waals surface area contributed by atoms with Gasteiger partial charge in [-0.3, -0.25) is 6.29 Å². The van der Waals surface area contributed by atoms with Crippen LogP contribution in [0.15, 0.2) is 0 Å². The molecule has 0 aliphatic rings. The Morgan fingerprint density at radius 2 is 2.00 bits per heavy atom. The zero-order valence-electron chi connectivity index (χ0n) is 5.14. The average Bonchev–Trinajstić information content (AvgIpc) is 1.69. The first-order chi connectivity index (χ1) is 3.41. The van der Waals surface area contributed by atoms with Crippen LogP contribution in [0.1, 0.15) is 32.6 Å². The molecule has 0 radical (unpaired) electrons. The average molecular weight is 151 g/mol. The van der Waals surface area contributed by atoms with Crippen molar-refractivity contribution in [3.05, 3.63) is 0 Å². The molecule has 0 aromatic rings. The van der Waals surface area contributed by atoms with Gasteiger partial charge in [0, 0.05) is 17.4 Å². The molecule has 0 saturated carbocycles. The predicted molar refractivity (Wildman–Crippen MR) is 29.8 cm³/mol. The fourth-order valence-corrected chi connectivity index (χ4v) is 0.447. The number of rotatable bonds is 4. The Balaban J connectivity index is 0. The summed E-state index contributed by atoms with van der Waals surface area (Å²) in [6.45, 7) is 2.12. The van der Waals surface area contributed by atoms with E-state index in [4.69, 9.17) is 0 Å². The third-order valence-corrected chi connectivity index (χ3v) is 0.882. The minimum absolute atomic E-state index is 0. The maximum atomic E-state index is 9.55. The molecule has 0 heterocycles. The van der Waals surface area contributed by atoms with Gasteiger partial charge in [0.15, 0.2) is 0 Å². The van der Waals surface area contributed by atoms with Crippen LogP contribution < -0.4 is 0 Å². The smallest absolute Gasteiger partial charge is 0 e. The van der Waals surface area contributed by atoms with Gasteiger partial charge in [0.2, 0.25) is 0 Å². The van der Waals surface area contributed by atoms with Crippen molar-refractivity contribution in [3.8, 4) is 0 Å². The molecule has 0 aliphatic heterocycles. The Morgan fingerprint density at radius 1 is 1.38 bits per heavy atom. The minimum Gasteiger partial charge on any atom is -0.542 e. The topological polar surface area (TPSA) is 17.1 Å². The maximum absolute atomic E-state index is 9.55. The van der Waals surface area contributed by atoms with E-state index in [1.165, 1.54) is 6.42 Å². The predicted octanol–water partition coefficient (Wildman–Crippen LogP) is 1.67. The molecule has 0 spiro atoms. The van der Waals surface area contributed by atoms with Crippen molar-refractivity contribution in [1.29, 1.82) is 0 Å². The van der Waals surface area contributed by atoms with Gasteiger partial charge >= 0.3 is 0 Å². The van der Waals surface area contributed by atoms with Crippen LogP contribution in [0, 0.1) is 0 Å². The van der Waals surface area contributed by atoms with Gasteiger partial charge in [-0.15, -0.1) is 0 Å². The van der Waals surface area contributed by atoms with E-state index in [2.05, 4.69) is 6.92 Å². The van der Waals surface area contributed by atoms with Crippen LogP contribution >= 0.6 is 0 Å². The summed E-state index contributed by atoms with van der Waals surface area (Å²) in [5, 5.41) is 0. The molecule has 0 unspecified atom stereocenters. The molecule has 0 aromatic heterocycles. The molecule has 0 fully saturated rings. The molecule has 1 nitrogen and oxygen atoms in total. The van der Waals surface area contributed by atoms with Gasteiger partial charge in [-0.2, -0.15) is 6.42 Å². The molecule has 0 bridgehead atoms. The molecule has 0 N–H and O–H groups in total. The summed E-state index contributed by atoms with van der Waals surface area (Å²) >= 11 is 0. The van der Waals surface area contributed by atoms with E-state index in [1.54, 1.807) is 0 Å². The Bertz CT molecular complexity index is 45.8. The normalized spacial score (nSPS) is 7.62. The first-order valence-electron chi connectivity index (χ1n) is 2.76. The molecule has 8 heavy (non-hydrogen) atoms. The zero-order valence-corrected chi connectivity index (χ0v) is 6.42. The van der Waals surface area contributed by atoms with Crippen LogP contribution in [0.3, 0.4) is 0 Å². The maximum Gasteiger partial charge on any atom is 0 e. The van der Waals surface area contributed by atoms with E-state index in [0.29, 0.717) is 6.42 Å². The Labute approximate surface area is 61.6 Å². The molecule has 0 rings (SSSR count). The van der Waals surface area contributed by atoms with Gasteiger partial charge in [0.25, 0.3) is 0 Å². The Kier molecular flexibility index (Phi) is 14.2. The second-order valence-corrected chi connectivity index (χ2v) is 1.60. The van der Waals surface area contributed by atoms with E-state index >= 15 is 0 Å². The summed E-state index contributed by atoms with van der Waals surface area (Å²) in [5.74, 6) is 0. The van der Waals surface area contributed by atoms with Crippen molar-refractivity contribution >= 4 is 6.29 Å². The third kappa shape index (κ3) is 9.51. The fourth-order valence-electron chi connectivity index (χ4n) is 0.447. The summed E-state index contributed by atoms with van der Waals surface area (Å²) < 4.78 is 0. The van der Waals surface area contributed by atoms with Gasteiger partial charge in [0.05, 0.1) is 0 Å². The number of hydrogen-bond acceptors (Lipinski definition) is 1. The first-order valence-corrected chi connectivity index (χ1v) is 2.76. The van der Waals surface area contributed by atoms with E-state index in [1.807, 2.05) is 6.29 Å². The van der Waals surface area contributed by atoms with Crippen molar-refractivity contribution in [1.82, 2.24) is 0 Å². The van der Waals surface area contributed by atoms with E-state index in [-0.39, 0.29) is 17.4 Å². The molecule has 0 aliphatic carbocycles. The number of carbonyl (C=O) groups excluding carboxylic acids is 1. The van der Waals surface area contributed by atoms with Crippen molar-refractivity contribution in [3.63, 3.8) is 0 Å². The van der Waals surface area contributed by atoms with Crippen LogP contribution in [0.25, 0.3) is 0 Å². The molecule has 0 atom stereocenters. The van der Waals surface area contributed by atoms with Crippen LogP contribution in [0.2, 0.25) is 0 Å². The van der Waals surface area contributed by atoms with E-state index < -0.39 is 0 Å². The fraction of sp³-hybridized carbons (Fsp3) is 0.833. The molecular formula is C6H11CrO-. The summed E-state index contributed by atoms with van der Waals surface area (Å²) in [4.78, 5) is 9.55. The number of unbranched alkanes of at least 4 members (excludes halogenated alkanes) is 3. The minimum atomic E-state index is 0. The van der Waals surface area contributed by atoms with Gasteiger partial charge < -0.3 is 4.79 Å². The molecular weight excluding hydrogens is 140 g/mol. The third-order valence-electron chi connectivity index (χ3n) is 0.882. The van der Waals surface area contributed by atoms with Gasteiger partial charge in [-0.1, -0.05) is 26.2 Å². The second-order valence-electron chi connectivity index (χ2n) is 1.60. The molecule has 0 amide bonds. The molecule has 2 heteroatoms. The van der Waals surface area contributed by atoms with Crippen LogP contribution in [0.4, 0.5) is 0 Å². The SMILES string of the molecule is CCCCC[C-]=O.[Cr]. The second kappa shape index (κ2) is 10.2. The van der Waals surface area contributed by atoms with Crippen LogP contribution in [0.5, 0.6) is 0 Å².